The third kappa shape index (κ3) is 2.68. The minimum absolute atomic E-state index is 0.208. The minimum atomic E-state index is -0.456. The van der Waals surface area contributed by atoms with Crippen LogP contribution in [0, 0.1) is 11.8 Å². The summed E-state index contributed by atoms with van der Waals surface area (Å²) >= 11 is 0. The van der Waals surface area contributed by atoms with Crippen LogP contribution in [0.1, 0.15) is 5.56 Å². The number of fused-ring (bicyclic) bond motifs is 1. The Hall–Kier alpha value is -2.62. The predicted octanol–water partition coefficient (Wildman–Crippen LogP) is 0.674. The second-order valence-corrected chi connectivity index (χ2v) is 5.89. The molecule has 2 fully saturated rings. The Morgan fingerprint density at radius 1 is 1.25 bits per heavy atom. The number of likely N-dealkylation sites (N-methyl/N-ethyl adjacent to an activating group) is 2. The number of benzene rings is 1. The number of imide groups is 1. The highest BCUT2D eigenvalue weighted by Crippen LogP contribution is 2.25. The van der Waals surface area contributed by atoms with Gasteiger partial charge in [-0.3, -0.25) is 19.9 Å². The van der Waals surface area contributed by atoms with Gasteiger partial charge in [0.25, 0.3) is 5.91 Å². The Morgan fingerprint density at radius 3 is 2.62 bits per heavy atom. The zero-order valence-corrected chi connectivity index (χ0v) is 13.8. The number of rotatable bonds is 2. The molecule has 3 unspecified atom stereocenters. The molecule has 2 aliphatic heterocycles. The highest BCUT2D eigenvalue weighted by atomic mass is 16.2. The van der Waals surface area contributed by atoms with E-state index < -0.39 is 6.04 Å². The summed E-state index contributed by atoms with van der Waals surface area (Å²) in [6.45, 7) is 3.82. The van der Waals surface area contributed by atoms with Crippen LogP contribution >= 0.6 is 0 Å². The number of hydrogen-bond acceptors (Lipinski definition) is 4. The molecule has 3 amide bonds. The molecule has 0 spiro atoms. The lowest BCUT2D eigenvalue weighted by Crippen LogP contribution is -2.65. The number of amides is 3. The average molecular weight is 324 g/mol. The third-order valence-corrected chi connectivity index (χ3v) is 4.38. The van der Waals surface area contributed by atoms with Crippen molar-refractivity contribution in [3.63, 3.8) is 0 Å². The molecule has 0 aliphatic carbocycles. The van der Waals surface area contributed by atoms with Crippen LogP contribution < -0.4 is 5.32 Å². The smallest absolute Gasteiger partial charge is 0.310 e. The number of hydrogen-bond donors (Lipinski definition) is 1. The fourth-order valence-electron chi connectivity index (χ4n) is 3.06. The Kier molecular flexibility index (Phi) is 4.38. The number of nitrogens with one attached hydrogen (secondary N) is 1. The van der Waals surface area contributed by atoms with E-state index in [1.54, 1.807) is 18.0 Å². The Morgan fingerprint density at radius 2 is 1.96 bits per heavy atom. The van der Waals surface area contributed by atoms with Gasteiger partial charge in [-0.1, -0.05) is 36.1 Å². The highest BCUT2D eigenvalue weighted by Gasteiger charge is 2.52. The topological polar surface area (TPSA) is 55.9 Å². The quantitative estimate of drug-likeness (QED) is 0.642. The Balaban J connectivity index is 1.84. The third-order valence-electron chi connectivity index (χ3n) is 4.38. The van der Waals surface area contributed by atoms with Crippen molar-refractivity contribution >= 4 is 11.9 Å². The van der Waals surface area contributed by atoms with Gasteiger partial charge >= 0.3 is 6.03 Å². The first-order valence-corrected chi connectivity index (χ1v) is 7.78. The molecule has 0 saturated carbocycles. The van der Waals surface area contributed by atoms with E-state index in [4.69, 9.17) is 0 Å². The Bertz CT molecular complexity index is 722. The second kappa shape index (κ2) is 6.48. The summed E-state index contributed by atoms with van der Waals surface area (Å²) in [4.78, 5) is 29.7. The molecule has 0 bridgehead atoms. The largest absolute Gasteiger partial charge is 0.328 e. The summed E-state index contributed by atoms with van der Waals surface area (Å²) in [7, 11) is 3.53. The first-order valence-electron chi connectivity index (χ1n) is 7.78. The van der Waals surface area contributed by atoms with Crippen LogP contribution in [0.15, 0.2) is 43.0 Å². The van der Waals surface area contributed by atoms with Gasteiger partial charge in [0.2, 0.25) is 0 Å². The van der Waals surface area contributed by atoms with Crippen LogP contribution in [0.3, 0.4) is 0 Å². The second-order valence-electron chi connectivity index (χ2n) is 5.89. The van der Waals surface area contributed by atoms with E-state index >= 15 is 0 Å². The minimum Gasteiger partial charge on any atom is -0.310 e. The Labute approximate surface area is 141 Å². The van der Waals surface area contributed by atoms with E-state index in [1.807, 2.05) is 42.3 Å². The van der Waals surface area contributed by atoms with Gasteiger partial charge in [-0.05, 0) is 19.2 Å². The fourth-order valence-corrected chi connectivity index (χ4v) is 3.06. The maximum Gasteiger partial charge on any atom is 0.328 e. The van der Waals surface area contributed by atoms with Crippen LogP contribution in [0.5, 0.6) is 0 Å². The predicted molar refractivity (Wildman–Crippen MR) is 90.7 cm³/mol. The van der Waals surface area contributed by atoms with Gasteiger partial charge in [0.1, 0.15) is 18.4 Å². The van der Waals surface area contributed by atoms with Crippen molar-refractivity contribution in [2.75, 3.05) is 20.6 Å². The molecule has 2 aliphatic rings. The summed E-state index contributed by atoms with van der Waals surface area (Å²) in [5, 5.41) is 3.27. The molecular formula is C18H20N4O2. The lowest BCUT2D eigenvalue weighted by atomic mass is 10.1. The molecule has 0 radical (unpaired) electrons. The van der Waals surface area contributed by atoms with Gasteiger partial charge in [0.05, 0.1) is 0 Å². The molecule has 1 aromatic carbocycles. The normalized spacial score (nSPS) is 26.8. The van der Waals surface area contributed by atoms with Crippen molar-refractivity contribution in [1.29, 1.82) is 0 Å². The molecule has 2 saturated heterocycles. The fraction of sp³-hybridized carbons (Fsp3) is 0.333. The summed E-state index contributed by atoms with van der Waals surface area (Å²) < 4.78 is 0. The van der Waals surface area contributed by atoms with Crippen LogP contribution in [0.25, 0.3) is 0 Å². The first-order chi connectivity index (χ1) is 11.5. The molecule has 1 aromatic rings. The lowest BCUT2D eigenvalue weighted by Gasteiger charge is -2.40. The van der Waals surface area contributed by atoms with Gasteiger partial charge in [0, 0.05) is 19.2 Å². The average Bonchev–Trinajstić information content (AvgIpc) is 2.93. The molecule has 3 atom stereocenters. The van der Waals surface area contributed by atoms with Crippen LogP contribution in [-0.4, -0.2) is 65.7 Å². The van der Waals surface area contributed by atoms with Crippen molar-refractivity contribution in [2.45, 2.75) is 18.4 Å². The van der Waals surface area contributed by atoms with Crippen molar-refractivity contribution in [2.24, 2.45) is 0 Å². The van der Waals surface area contributed by atoms with Gasteiger partial charge in [0.15, 0.2) is 0 Å². The number of carbonyl (C=O) groups is 2. The molecular weight excluding hydrogens is 304 g/mol. The molecule has 0 aromatic heterocycles. The standard InChI is InChI=1S/C18H20N4O2/c1-4-12-22-17(23)15-16(21(3)18(22)24)19-14(20(15)2)11-10-13-8-6-5-7-9-13/h4-9,14-16,19H,1,12H2,2-3H3. The van der Waals surface area contributed by atoms with Gasteiger partial charge in [-0.25, -0.2) is 4.79 Å². The van der Waals surface area contributed by atoms with E-state index in [9.17, 15) is 9.59 Å². The lowest BCUT2D eigenvalue weighted by molar-refractivity contribution is -0.137. The van der Waals surface area contributed by atoms with Gasteiger partial charge in [-0.15, -0.1) is 6.58 Å². The van der Waals surface area contributed by atoms with Crippen molar-refractivity contribution in [3.05, 3.63) is 48.6 Å². The maximum atomic E-state index is 12.7. The number of nitrogens with zero attached hydrogens (tertiary/aromatic N) is 3. The van der Waals surface area contributed by atoms with Crippen molar-refractivity contribution in [1.82, 2.24) is 20.0 Å². The van der Waals surface area contributed by atoms with Crippen LogP contribution in [0.2, 0.25) is 0 Å². The van der Waals surface area contributed by atoms with Crippen molar-refractivity contribution < 1.29 is 9.59 Å². The molecule has 6 heteroatoms. The summed E-state index contributed by atoms with van der Waals surface area (Å²) in [6.07, 6.45) is 0.869. The molecule has 3 rings (SSSR count). The van der Waals surface area contributed by atoms with E-state index in [1.165, 1.54) is 4.90 Å². The van der Waals surface area contributed by atoms with Gasteiger partial charge < -0.3 is 4.90 Å². The van der Waals surface area contributed by atoms with Crippen LogP contribution in [-0.2, 0) is 4.79 Å². The van der Waals surface area contributed by atoms with E-state index in [0.717, 1.165) is 5.56 Å². The molecule has 24 heavy (non-hydrogen) atoms. The summed E-state index contributed by atoms with van der Waals surface area (Å²) in [5.74, 6) is 6.03. The first kappa shape index (κ1) is 16.2. The summed E-state index contributed by atoms with van der Waals surface area (Å²) in [5.41, 5.74) is 0.909. The van der Waals surface area contributed by atoms with Gasteiger partial charge in [-0.2, -0.15) is 0 Å². The monoisotopic (exact) mass is 324 g/mol. The molecule has 1 N–H and O–H groups in total. The molecule has 6 nitrogen and oxygen atoms in total. The maximum absolute atomic E-state index is 12.7. The zero-order chi connectivity index (χ0) is 17.3. The van der Waals surface area contributed by atoms with E-state index in [-0.39, 0.29) is 30.8 Å². The molecule has 124 valence electrons. The number of carbonyl (C=O) groups excluding carboxylic acids is 2. The highest BCUT2D eigenvalue weighted by molar-refractivity contribution is 6.00. The summed E-state index contributed by atoms with van der Waals surface area (Å²) in [6, 6.07) is 8.88. The SMILES string of the molecule is C=CCN1C(=O)C2C(NC(C#Cc3ccccc3)N2C)N(C)C1=O. The molecule has 2 heterocycles. The van der Waals surface area contributed by atoms with E-state index in [2.05, 4.69) is 23.7 Å². The van der Waals surface area contributed by atoms with E-state index in [0.29, 0.717) is 0 Å². The number of urea groups is 1. The zero-order valence-electron chi connectivity index (χ0n) is 13.8. The van der Waals surface area contributed by atoms with Crippen LogP contribution in [0.4, 0.5) is 4.79 Å². The van der Waals surface area contributed by atoms with Crippen molar-refractivity contribution in [3.8, 4) is 11.8 Å².